The highest BCUT2D eigenvalue weighted by Crippen LogP contribution is 2.24. The monoisotopic (exact) mass is 257 g/mol. The Morgan fingerprint density at radius 1 is 1.53 bits per heavy atom. The lowest BCUT2D eigenvalue weighted by molar-refractivity contribution is 0.0425. The number of imidazole rings is 1. The molecule has 5 heteroatoms. The van der Waals surface area contributed by atoms with Crippen molar-refractivity contribution in [2.45, 2.75) is 44.8 Å². The zero-order valence-corrected chi connectivity index (χ0v) is 11.2. The number of aromatic nitrogens is 2. The number of hydrogen-bond donors (Lipinski definition) is 1. The van der Waals surface area contributed by atoms with Gasteiger partial charge in [0.05, 0.1) is 19.3 Å². The Hall–Kier alpha value is -0.580. The van der Waals surface area contributed by atoms with E-state index in [-0.39, 0.29) is 12.6 Å². The minimum Gasteiger partial charge on any atom is -0.395 e. The topological polar surface area (TPSA) is 41.3 Å². The van der Waals surface area contributed by atoms with Gasteiger partial charge in [0, 0.05) is 19.1 Å². The highest BCUT2D eigenvalue weighted by atomic mass is 35.5. The van der Waals surface area contributed by atoms with Crippen molar-refractivity contribution in [2.75, 3.05) is 6.61 Å². The van der Waals surface area contributed by atoms with E-state index >= 15 is 0 Å². The highest BCUT2D eigenvalue weighted by Gasteiger charge is 2.28. The molecule has 0 aromatic carbocycles. The van der Waals surface area contributed by atoms with Gasteiger partial charge in [0.1, 0.15) is 11.0 Å². The summed E-state index contributed by atoms with van der Waals surface area (Å²) < 4.78 is 1.90. The summed E-state index contributed by atoms with van der Waals surface area (Å²) in [7, 11) is 1.92. The molecule has 1 aliphatic heterocycles. The molecule has 2 heterocycles. The van der Waals surface area contributed by atoms with Crippen LogP contribution in [0.15, 0.2) is 6.20 Å². The summed E-state index contributed by atoms with van der Waals surface area (Å²) in [6.45, 7) is 3.20. The van der Waals surface area contributed by atoms with Crippen molar-refractivity contribution < 1.29 is 5.11 Å². The van der Waals surface area contributed by atoms with Gasteiger partial charge in [-0.3, -0.25) is 4.90 Å². The summed E-state index contributed by atoms with van der Waals surface area (Å²) in [5, 5.41) is 10.1. The second kappa shape index (κ2) is 5.38. The highest BCUT2D eigenvalue weighted by molar-refractivity contribution is 6.29. The zero-order valence-electron chi connectivity index (χ0n) is 10.4. The van der Waals surface area contributed by atoms with Crippen LogP contribution >= 0.6 is 11.6 Å². The summed E-state index contributed by atoms with van der Waals surface area (Å²) in [6.07, 6.45) is 5.14. The van der Waals surface area contributed by atoms with E-state index in [1.54, 1.807) is 6.20 Å². The first kappa shape index (κ1) is 12.9. The molecule has 1 fully saturated rings. The van der Waals surface area contributed by atoms with Crippen molar-refractivity contribution in [2.24, 2.45) is 7.05 Å². The molecule has 1 aromatic heterocycles. The molecule has 1 saturated heterocycles. The Bertz CT molecular complexity index is 380. The number of likely N-dealkylation sites (tertiary alicyclic amines) is 1. The molecule has 1 aromatic rings. The van der Waals surface area contributed by atoms with Crippen molar-refractivity contribution >= 4 is 11.6 Å². The fourth-order valence-electron chi connectivity index (χ4n) is 2.56. The normalized spacial score (nSPS) is 26.4. The molecule has 2 rings (SSSR count). The van der Waals surface area contributed by atoms with Gasteiger partial charge >= 0.3 is 0 Å². The first-order valence-corrected chi connectivity index (χ1v) is 6.54. The van der Waals surface area contributed by atoms with Crippen LogP contribution in [0.2, 0.25) is 5.15 Å². The van der Waals surface area contributed by atoms with Crippen LogP contribution in [0.5, 0.6) is 0 Å². The van der Waals surface area contributed by atoms with Crippen molar-refractivity contribution in [1.29, 1.82) is 0 Å². The lowest BCUT2D eigenvalue weighted by Crippen LogP contribution is -2.46. The van der Waals surface area contributed by atoms with Crippen molar-refractivity contribution in [3.05, 3.63) is 17.2 Å². The van der Waals surface area contributed by atoms with Crippen molar-refractivity contribution in [3.8, 4) is 0 Å². The molecule has 2 unspecified atom stereocenters. The molecule has 96 valence electrons. The summed E-state index contributed by atoms with van der Waals surface area (Å²) in [5.74, 6) is 0.960. The molecular formula is C12H20ClN3O. The van der Waals surface area contributed by atoms with Gasteiger partial charge in [-0.1, -0.05) is 18.0 Å². The van der Waals surface area contributed by atoms with Crippen LogP contribution in [0.25, 0.3) is 0 Å². The van der Waals surface area contributed by atoms with E-state index in [0.29, 0.717) is 11.2 Å². The second-order valence-electron chi connectivity index (χ2n) is 4.84. The third-order valence-electron chi connectivity index (χ3n) is 3.76. The minimum absolute atomic E-state index is 0.225. The Balaban J connectivity index is 2.12. The number of aliphatic hydroxyl groups is 1. The summed E-state index contributed by atoms with van der Waals surface area (Å²) in [5.41, 5.74) is 0. The Labute approximate surface area is 107 Å². The zero-order chi connectivity index (χ0) is 12.4. The molecule has 0 radical (unpaired) electrons. The number of piperidine rings is 1. The number of rotatable bonds is 3. The van der Waals surface area contributed by atoms with Gasteiger partial charge in [0.2, 0.25) is 0 Å². The summed E-state index contributed by atoms with van der Waals surface area (Å²) >= 11 is 5.99. The van der Waals surface area contributed by atoms with E-state index < -0.39 is 0 Å². The largest absolute Gasteiger partial charge is 0.395 e. The fraction of sp³-hybridized carbons (Fsp3) is 0.750. The third-order valence-corrected chi connectivity index (χ3v) is 4.11. The average molecular weight is 258 g/mol. The lowest BCUT2D eigenvalue weighted by atomic mass is 9.97. The molecule has 2 atom stereocenters. The Morgan fingerprint density at radius 2 is 2.29 bits per heavy atom. The molecule has 0 bridgehead atoms. The molecule has 0 aliphatic carbocycles. The number of nitrogens with zero attached hydrogens (tertiary/aromatic N) is 3. The molecule has 0 spiro atoms. The molecule has 0 amide bonds. The fourth-order valence-corrected chi connectivity index (χ4v) is 2.70. The maximum Gasteiger partial charge on any atom is 0.128 e. The van der Waals surface area contributed by atoms with E-state index in [1.807, 2.05) is 11.6 Å². The van der Waals surface area contributed by atoms with Crippen LogP contribution < -0.4 is 0 Å². The molecule has 0 saturated carbocycles. The number of halogens is 1. The molecule has 17 heavy (non-hydrogen) atoms. The van der Waals surface area contributed by atoms with Crippen LogP contribution in [0.1, 0.15) is 32.0 Å². The van der Waals surface area contributed by atoms with Crippen molar-refractivity contribution in [1.82, 2.24) is 14.5 Å². The van der Waals surface area contributed by atoms with Crippen LogP contribution in [0.4, 0.5) is 0 Å². The first-order chi connectivity index (χ1) is 8.13. The minimum atomic E-state index is 0.225. The second-order valence-corrected chi connectivity index (χ2v) is 5.23. The van der Waals surface area contributed by atoms with Crippen LogP contribution in [-0.4, -0.2) is 38.2 Å². The van der Waals surface area contributed by atoms with Gasteiger partial charge in [-0.2, -0.15) is 0 Å². The van der Waals surface area contributed by atoms with E-state index in [2.05, 4.69) is 16.8 Å². The standard InChI is InChI=1S/C12H20ClN3O/c1-9-4-3-5-10(8-17)16(9)7-12-14-6-11(13)15(12)2/h6,9-10,17H,3-5,7-8H2,1-2H3. The summed E-state index contributed by atoms with van der Waals surface area (Å²) in [6, 6.07) is 0.755. The Morgan fingerprint density at radius 3 is 2.88 bits per heavy atom. The van der Waals surface area contributed by atoms with Gasteiger partial charge in [-0.15, -0.1) is 0 Å². The maximum atomic E-state index is 9.44. The van der Waals surface area contributed by atoms with Gasteiger partial charge in [0.25, 0.3) is 0 Å². The number of aliphatic hydroxyl groups excluding tert-OH is 1. The predicted molar refractivity (Wildman–Crippen MR) is 67.9 cm³/mol. The maximum absolute atomic E-state index is 9.44. The van der Waals surface area contributed by atoms with Crippen LogP contribution in [0, 0.1) is 0 Å². The van der Waals surface area contributed by atoms with Crippen molar-refractivity contribution in [3.63, 3.8) is 0 Å². The van der Waals surface area contributed by atoms with E-state index in [9.17, 15) is 5.11 Å². The number of hydrogen-bond acceptors (Lipinski definition) is 3. The van der Waals surface area contributed by atoms with Crippen LogP contribution in [0.3, 0.4) is 0 Å². The van der Waals surface area contributed by atoms with Gasteiger partial charge < -0.3 is 9.67 Å². The molecule has 1 aliphatic rings. The van der Waals surface area contributed by atoms with E-state index in [4.69, 9.17) is 11.6 Å². The average Bonchev–Trinajstić information content (AvgIpc) is 2.63. The summed E-state index contributed by atoms with van der Waals surface area (Å²) in [4.78, 5) is 6.66. The smallest absolute Gasteiger partial charge is 0.128 e. The van der Waals surface area contributed by atoms with Gasteiger partial charge in [-0.25, -0.2) is 4.98 Å². The van der Waals surface area contributed by atoms with Gasteiger partial charge in [-0.05, 0) is 19.8 Å². The Kier molecular flexibility index (Phi) is 4.07. The van der Waals surface area contributed by atoms with E-state index in [0.717, 1.165) is 18.8 Å². The molecule has 4 nitrogen and oxygen atoms in total. The SMILES string of the molecule is CC1CCCC(CO)N1Cc1ncc(Cl)n1C. The first-order valence-electron chi connectivity index (χ1n) is 6.16. The predicted octanol–water partition coefficient (Wildman–Crippen LogP) is 1.81. The molecule has 1 N–H and O–H groups in total. The van der Waals surface area contributed by atoms with Crippen LogP contribution in [-0.2, 0) is 13.6 Å². The lowest BCUT2D eigenvalue weighted by Gasteiger charge is -2.39. The quantitative estimate of drug-likeness (QED) is 0.898. The van der Waals surface area contributed by atoms with E-state index in [1.165, 1.54) is 12.8 Å². The third kappa shape index (κ3) is 2.64. The van der Waals surface area contributed by atoms with Gasteiger partial charge in [0.15, 0.2) is 0 Å². The molecular weight excluding hydrogens is 238 g/mol.